The van der Waals surface area contributed by atoms with Crippen molar-refractivity contribution in [3.63, 3.8) is 0 Å². The van der Waals surface area contributed by atoms with Crippen molar-refractivity contribution in [3.8, 4) is 28.7 Å². The van der Waals surface area contributed by atoms with Crippen LogP contribution in [-0.2, 0) is 0 Å². The molecule has 0 aliphatic carbocycles. The molecule has 2 amide bonds. The molecule has 12 heteroatoms. The third kappa shape index (κ3) is 4.38. The Hall–Kier alpha value is -5.02. The molecule has 1 N–H and O–H groups in total. The summed E-state index contributed by atoms with van der Waals surface area (Å²) in [4.78, 5) is 29.0. The molecule has 6 rings (SSSR count). The van der Waals surface area contributed by atoms with Crippen LogP contribution in [0.15, 0.2) is 95.2 Å². The summed E-state index contributed by atoms with van der Waals surface area (Å²) in [5.74, 6) is 0.546. The van der Waals surface area contributed by atoms with Gasteiger partial charge in [0, 0.05) is 0 Å². The van der Waals surface area contributed by atoms with Crippen molar-refractivity contribution < 1.29 is 29.6 Å². The topological polar surface area (TPSA) is 122 Å². The van der Waals surface area contributed by atoms with Crippen LogP contribution in [0, 0.1) is 0 Å². The SMILES string of the molecule is CN(C)C(=O)c1cccc2c1O[As]1(c3ccc(N=Nc4ccc(O)cc4)cc3)(O2)Oc2cccc(C(=O)N(C)C)c2O1. The number of fused-ring (bicyclic) bond motifs is 2. The second-order valence-corrected chi connectivity index (χ2v) is 16.1. The molecule has 0 radical (unpaired) electrons. The van der Waals surface area contributed by atoms with Crippen LogP contribution in [0.2, 0.25) is 0 Å². The molecule has 0 fully saturated rings. The minimum absolute atomic E-state index is 0.134. The van der Waals surface area contributed by atoms with Crippen LogP contribution in [0.3, 0.4) is 0 Å². The van der Waals surface area contributed by atoms with E-state index in [0.717, 1.165) is 0 Å². The number of carbonyl (C=O) groups excluding carboxylic acids is 2. The van der Waals surface area contributed by atoms with Crippen molar-refractivity contribution in [2.75, 3.05) is 28.2 Å². The van der Waals surface area contributed by atoms with Gasteiger partial charge in [0.2, 0.25) is 0 Å². The minimum atomic E-state index is -5.56. The zero-order valence-corrected chi connectivity index (χ0v) is 25.1. The summed E-state index contributed by atoms with van der Waals surface area (Å²) in [6, 6.07) is 23.2. The number of para-hydroxylation sites is 2. The van der Waals surface area contributed by atoms with Crippen molar-refractivity contribution in [1.82, 2.24) is 9.80 Å². The van der Waals surface area contributed by atoms with Crippen LogP contribution in [0.4, 0.5) is 11.4 Å². The Bertz CT molecular complexity index is 1680. The van der Waals surface area contributed by atoms with Crippen molar-refractivity contribution in [1.29, 1.82) is 0 Å². The van der Waals surface area contributed by atoms with Gasteiger partial charge in [-0.3, -0.25) is 0 Å². The second kappa shape index (κ2) is 9.81. The molecule has 0 bridgehead atoms. The molecular weight excluding hydrogens is 603 g/mol. The first-order valence-electron chi connectivity index (χ1n) is 12.9. The predicted octanol–water partition coefficient (Wildman–Crippen LogP) is 4.75. The summed E-state index contributed by atoms with van der Waals surface area (Å²) in [6.07, 6.45) is 0. The summed E-state index contributed by atoms with van der Waals surface area (Å²) >= 11 is -5.56. The van der Waals surface area contributed by atoms with Gasteiger partial charge in [0.05, 0.1) is 0 Å². The predicted molar refractivity (Wildman–Crippen MR) is 156 cm³/mol. The van der Waals surface area contributed by atoms with Gasteiger partial charge in [-0.2, -0.15) is 0 Å². The monoisotopic (exact) mass is 630 g/mol. The van der Waals surface area contributed by atoms with Crippen LogP contribution < -0.4 is 19.3 Å². The number of nitrogens with zero attached hydrogens (tertiary/aromatic N) is 4. The van der Waals surface area contributed by atoms with Crippen LogP contribution in [0.5, 0.6) is 28.7 Å². The summed E-state index contributed by atoms with van der Waals surface area (Å²) in [6.45, 7) is 0. The number of benzene rings is 4. The Kier molecular flexibility index (Phi) is 6.35. The third-order valence-corrected chi connectivity index (χ3v) is 13.3. The van der Waals surface area contributed by atoms with Gasteiger partial charge in [-0.15, -0.1) is 0 Å². The van der Waals surface area contributed by atoms with Crippen molar-refractivity contribution in [3.05, 3.63) is 96.1 Å². The van der Waals surface area contributed by atoms with E-state index < -0.39 is 13.8 Å². The maximum atomic E-state index is 13.1. The van der Waals surface area contributed by atoms with E-state index >= 15 is 0 Å². The van der Waals surface area contributed by atoms with E-state index in [9.17, 15) is 14.7 Å². The standard InChI is InChI=1S/C30H27AsN4O7/c1-34(2)29(37)23-7-5-9-25-27(23)41-31(39-25,40-26-10-6-8-24(28(26)42-31)30(38)35(3)4)19-11-13-20(14-12-19)32-33-21-15-17-22(36)18-16-21/h5-18,36H,1-4H3. The van der Waals surface area contributed by atoms with Gasteiger partial charge in [0.15, 0.2) is 0 Å². The normalized spacial score (nSPS) is 16.1. The van der Waals surface area contributed by atoms with Crippen LogP contribution in [0.1, 0.15) is 20.7 Å². The first-order valence-corrected chi connectivity index (χ1v) is 16.9. The quantitative estimate of drug-likeness (QED) is 0.250. The number of hydrogen-bond donors (Lipinski definition) is 1. The maximum absolute atomic E-state index is 13.1. The summed E-state index contributed by atoms with van der Waals surface area (Å²) in [5.41, 5.74) is 1.65. The molecular formula is C30H27AsN4O7. The molecule has 0 saturated carbocycles. The number of azo groups is 1. The van der Waals surface area contributed by atoms with Crippen molar-refractivity contribution >= 4 is 41.4 Å². The molecule has 0 unspecified atom stereocenters. The molecule has 0 saturated heterocycles. The Labute approximate surface area is 243 Å². The zero-order chi connectivity index (χ0) is 29.7. The summed E-state index contributed by atoms with van der Waals surface area (Å²) in [7, 11) is 6.58. The Morgan fingerprint density at radius 2 is 1.05 bits per heavy atom. The number of rotatable bonds is 5. The molecule has 0 aromatic heterocycles. The average molecular weight is 630 g/mol. The molecule has 42 heavy (non-hydrogen) atoms. The second-order valence-electron chi connectivity index (χ2n) is 10.1. The van der Waals surface area contributed by atoms with Crippen LogP contribution in [0.25, 0.3) is 0 Å². The van der Waals surface area contributed by atoms with E-state index in [4.69, 9.17) is 14.9 Å². The molecule has 0 atom stereocenters. The van der Waals surface area contributed by atoms with Gasteiger partial charge >= 0.3 is 244 Å². The molecule has 11 nitrogen and oxygen atoms in total. The number of hydrogen-bond acceptors (Lipinski definition) is 9. The van der Waals surface area contributed by atoms with Crippen LogP contribution >= 0.6 is 0 Å². The zero-order valence-electron chi connectivity index (χ0n) is 23.2. The molecule has 2 aliphatic rings. The van der Waals surface area contributed by atoms with Crippen molar-refractivity contribution in [2.24, 2.45) is 10.2 Å². The average Bonchev–Trinajstić information content (AvgIpc) is 3.51. The molecule has 4 aromatic carbocycles. The Balaban J connectivity index is 1.46. The molecule has 2 aliphatic heterocycles. The van der Waals surface area contributed by atoms with E-state index in [-0.39, 0.29) is 51.7 Å². The molecule has 1 spiro atoms. The van der Waals surface area contributed by atoms with E-state index in [1.165, 1.54) is 21.9 Å². The molecule has 214 valence electrons. The number of aromatic hydroxyl groups is 1. The van der Waals surface area contributed by atoms with Gasteiger partial charge < -0.3 is 0 Å². The summed E-state index contributed by atoms with van der Waals surface area (Å²) in [5, 5.41) is 18.0. The van der Waals surface area contributed by atoms with Gasteiger partial charge in [-0.25, -0.2) is 0 Å². The number of amides is 2. The fraction of sp³-hybridized carbons (Fsp3) is 0.133. The first-order chi connectivity index (χ1) is 20.1. The fourth-order valence-corrected chi connectivity index (χ4v) is 11.4. The van der Waals surface area contributed by atoms with E-state index in [1.807, 2.05) is 0 Å². The van der Waals surface area contributed by atoms with Gasteiger partial charge in [0.25, 0.3) is 0 Å². The number of phenolic OH excluding ortho intramolecular Hbond substituents is 1. The summed E-state index contributed by atoms with van der Waals surface area (Å²) < 4.78 is 27.0. The van der Waals surface area contributed by atoms with Gasteiger partial charge in [-0.05, 0) is 0 Å². The van der Waals surface area contributed by atoms with E-state index in [2.05, 4.69) is 10.2 Å². The molecule has 2 heterocycles. The van der Waals surface area contributed by atoms with Gasteiger partial charge in [0.1, 0.15) is 0 Å². The number of carbonyl (C=O) groups is 2. The Morgan fingerprint density at radius 3 is 1.48 bits per heavy atom. The van der Waals surface area contributed by atoms with Crippen molar-refractivity contribution in [2.45, 2.75) is 0 Å². The molecule has 4 aromatic rings. The van der Waals surface area contributed by atoms with Gasteiger partial charge in [-0.1, -0.05) is 0 Å². The first kappa shape index (κ1) is 27.2. The van der Waals surface area contributed by atoms with E-state index in [1.54, 1.807) is 101 Å². The van der Waals surface area contributed by atoms with E-state index in [0.29, 0.717) is 15.7 Å². The number of phenols is 1. The third-order valence-electron chi connectivity index (χ3n) is 6.64. The van der Waals surface area contributed by atoms with Crippen LogP contribution in [-0.4, -0.2) is 68.7 Å². The Morgan fingerprint density at radius 1 is 0.619 bits per heavy atom. The fourth-order valence-electron chi connectivity index (χ4n) is 4.56.